The zero-order valence-corrected chi connectivity index (χ0v) is 20.6. The van der Waals surface area contributed by atoms with Gasteiger partial charge in [0.15, 0.2) is 12.6 Å². The van der Waals surface area contributed by atoms with E-state index >= 15 is 0 Å². The number of hydrogen-bond donors (Lipinski definition) is 2. The van der Waals surface area contributed by atoms with Gasteiger partial charge in [-0.15, -0.1) is 24.0 Å². The van der Waals surface area contributed by atoms with Crippen molar-refractivity contribution in [2.75, 3.05) is 34.0 Å². The van der Waals surface area contributed by atoms with Crippen molar-refractivity contribution < 1.29 is 27.4 Å². The Morgan fingerprint density at radius 3 is 2.28 bits per heavy atom. The lowest BCUT2D eigenvalue weighted by atomic mass is 10.1. The molecule has 0 heterocycles. The Morgan fingerprint density at radius 2 is 1.66 bits per heavy atom. The molecule has 32 heavy (non-hydrogen) atoms. The molecule has 2 rings (SSSR count). The van der Waals surface area contributed by atoms with Crippen molar-refractivity contribution in [1.82, 2.24) is 10.6 Å². The number of aliphatic imine (C=N–C) groups is 1. The van der Waals surface area contributed by atoms with Crippen LogP contribution in [0, 0.1) is 6.92 Å². The quantitative estimate of drug-likeness (QED) is 0.193. The standard InChI is InChI=1S/C22H28F3N3O3.HI/c1-16-4-7-18(20(12-16)30-11-10-29-3)14-28-21(26-2)27-13-17-5-8-19(9-6-17)31-15-22(23,24)25;/h4-9,12H,10-11,13-15H2,1-3H3,(H2,26,27,28);1H. The fourth-order valence-corrected chi connectivity index (χ4v) is 2.63. The van der Waals surface area contributed by atoms with Crippen LogP contribution in [0.15, 0.2) is 47.5 Å². The summed E-state index contributed by atoms with van der Waals surface area (Å²) >= 11 is 0. The van der Waals surface area contributed by atoms with Crippen LogP contribution in [0.4, 0.5) is 13.2 Å². The van der Waals surface area contributed by atoms with Gasteiger partial charge in [0.1, 0.15) is 18.1 Å². The van der Waals surface area contributed by atoms with Crippen molar-refractivity contribution in [1.29, 1.82) is 0 Å². The van der Waals surface area contributed by atoms with Crippen LogP contribution in [-0.4, -0.2) is 46.1 Å². The summed E-state index contributed by atoms with van der Waals surface area (Å²) in [5.41, 5.74) is 2.96. The molecule has 0 bridgehead atoms. The number of hydrogen-bond acceptors (Lipinski definition) is 4. The fraction of sp³-hybridized carbons (Fsp3) is 0.409. The highest BCUT2D eigenvalue weighted by molar-refractivity contribution is 14.0. The number of nitrogens with one attached hydrogen (secondary N) is 2. The maximum atomic E-state index is 12.2. The third-order valence-electron chi connectivity index (χ3n) is 4.22. The molecule has 0 aliphatic rings. The Balaban J connectivity index is 0.00000512. The summed E-state index contributed by atoms with van der Waals surface area (Å²) in [5.74, 6) is 1.54. The van der Waals surface area contributed by atoms with Gasteiger partial charge in [-0.3, -0.25) is 4.99 Å². The van der Waals surface area contributed by atoms with Crippen LogP contribution in [0.3, 0.4) is 0 Å². The van der Waals surface area contributed by atoms with Gasteiger partial charge in [-0.25, -0.2) is 0 Å². The van der Waals surface area contributed by atoms with E-state index in [1.165, 1.54) is 12.1 Å². The van der Waals surface area contributed by atoms with Gasteiger partial charge in [-0.1, -0.05) is 24.3 Å². The zero-order valence-electron chi connectivity index (χ0n) is 18.3. The zero-order chi connectivity index (χ0) is 22.7. The number of rotatable bonds is 10. The number of halogens is 4. The third kappa shape index (κ3) is 10.4. The highest BCUT2D eigenvalue weighted by Crippen LogP contribution is 2.21. The molecular weight excluding hydrogens is 538 g/mol. The fourth-order valence-electron chi connectivity index (χ4n) is 2.63. The molecule has 0 radical (unpaired) electrons. The maximum absolute atomic E-state index is 12.2. The summed E-state index contributed by atoms with van der Waals surface area (Å²) in [7, 11) is 3.29. The predicted octanol–water partition coefficient (Wildman–Crippen LogP) is 4.44. The second-order valence-corrected chi connectivity index (χ2v) is 6.78. The Hall–Kier alpha value is -2.21. The summed E-state index contributed by atoms with van der Waals surface area (Å²) in [6.45, 7) is 2.61. The summed E-state index contributed by atoms with van der Waals surface area (Å²) in [4.78, 5) is 4.20. The molecule has 0 aromatic heterocycles. The first kappa shape index (κ1) is 27.8. The normalized spacial score (nSPS) is 11.5. The molecule has 0 aliphatic carbocycles. The van der Waals surface area contributed by atoms with Gasteiger partial charge in [-0.05, 0) is 36.2 Å². The van der Waals surface area contributed by atoms with Gasteiger partial charge in [0.25, 0.3) is 0 Å². The van der Waals surface area contributed by atoms with Gasteiger partial charge in [-0.2, -0.15) is 13.2 Å². The molecular formula is C22H29F3IN3O3. The van der Waals surface area contributed by atoms with Gasteiger partial charge in [0.2, 0.25) is 0 Å². The van der Waals surface area contributed by atoms with Crippen molar-refractivity contribution in [3.63, 3.8) is 0 Å². The van der Waals surface area contributed by atoms with Gasteiger partial charge in [0, 0.05) is 32.8 Å². The largest absolute Gasteiger partial charge is 0.491 e. The van der Waals surface area contributed by atoms with E-state index in [0.717, 1.165) is 22.4 Å². The van der Waals surface area contributed by atoms with Crippen molar-refractivity contribution >= 4 is 29.9 Å². The molecule has 0 aliphatic heterocycles. The molecule has 2 aromatic carbocycles. The summed E-state index contributed by atoms with van der Waals surface area (Å²) in [6, 6.07) is 12.4. The van der Waals surface area contributed by atoms with E-state index in [0.29, 0.717) is 32.3 Å². The summed E-state index contributed by atoms with van der Waals surface area (Å²) < 4.78 is 52.2. The predicted molar refractivity (Wildman–Crippen MR) is 129 cm³/mol. The molecule has 2 aromatic rings. The molecule has 2 N–H and O–H groups in total. The SMILES string of the molecule is CN=C(NCc1ccc(OCC(F)(F)F)cc1)NCc1ccc(C)cc1OCCOC.I. The van der Waals surface area contributed by atoms with Crippen LogP contribution in [0.1, 0.15) is 16.7 Å². The molecule has 0 unspecified atom stereocenters. The topological polar surface area (TPSA) is 64.1 Å². The number of nitrogens with zero attached hydrogens (tertiary/aromatic N) is 1. The summed E-state index contributed by atoms with van der Waals surface area (Å²) in [5, 5.41) is 6.40. The molecule has 6 nitrogen and oxygen atoms in total. The number of benzene rings is 2. The Labute approximate surface area is 203 Å². The van der Waals surface area contributed by atoms with E-state index in [-0.39, 0.29) is 29.7 Å². The van der Waals surface area contributed by atoms with E-state index < -0.39 is 12.8 Å². The van der Waals surface area contributed by atoms with Gasteiger partial charge >= 0.3 is 6.18 Å². The minimum Gasteiger partial charge on any atom is -0.491 e. The second-order valence-electron chi connectivity index (χ2n) is 6.78. The lowest BCUT2D eigenvalue weighted by Gasteiger charge is -2.15. The first-order valence-electron chi connectivity index (χ1n) is 9.75. The van der Waals surface area contributed by atoms with Gasteiger partial charge < -0.3 is 24.8 Å². The highest BCUT2D eigenvalue weighted by atomic mass is 127. The molecule has 0 saturated carbocycles. The maximum Gasteiger partial charge on any atom is 0.422 e. The monoisotopic (exact) mass is 567 g/mol. The first-order chi connectivity index (χ1) is 14.8. The van der Waals surface area contributed by atoms with Crippen molar-refractivity contribution in [3.8, 4) is 11.5 Å². The molecule has 0 spiro atoms. The smallest absolute Gasteiger partial charge is 0.422 e. The van der Waals surface area contributed by atoms with E-state index in [9.17, 15) is 13.2 Å². The molecule has 0 fully saturated rings. The van der Waals surface area contributed by atoms with E-state index in [1.807, 2.05) is 25.1 Å². The number of guanidine groups is 1. The number of methoxy groups -OCH3 is 1. The Bertz CT molecular complexity index is 847. The minimum absolute atomic E-state index is 0. The first-order valence-corrected chi connectivity index (χ1v) is 9.75. The van der Waals surface area contributed by atoms with Crippen molar-refractivity contribution in [2.45, 2.75) is 26.2 Å². The van der Waals surface area contributed by atoms with Crippen LogP contribution < -0.4 is 20.1 Å². The molecule has 0 atom stereocenters. The van der Waals surface area contributed by atoms with E-state index in [1.54, 1.807) is 26.3 Å². The number of aryl methyl sites for hydroxylation is 1. The van der Waals surface area contributed by atoms with Crippen molar-refractivity contribution in [2.24, 2.45) is 4.99 Å². The van der Waals surface area contributed by atoms with E-state index in [4.69, 9.17) is 14.2 Å². The number of alkyl halides is 3. The van der Waals surface area contributed by atoms with Crippen LogP contribution in [0.5, 0.6) is 11.5 Å². The van der Waals surface area contributed by atoms with Gasteiger partial charge in [0.05, 0.1) is 6.61 Å². The Morgan fingerprint density at radius 1 is 0.969 bits per heavy atom. The lowest BCUT2D eigenvalue weighted by Crippen LogP contribution is -2.36. The van der Waals surface area contributed by atoms with E-state index in [2.05, 4.69) is 15.6 Å². The highest BCUT2D eigenvalue weighted by Gasteiger charge is 2.28. The molecule has 0 amide bonds. The van der Waals surface area contributed by atoms with Crippen LogP contribution >= 0.6 is 24.0 Å². The van der Waals surface area contributed by atoms with Crippen LogP contribution in [0.2, 0.25) is 0 Å². The Kier molecular flexibility index (Phi) is 12.2. The third-order valence-corrected chi connectivity index (χ3v) is 4.22. The number of ether oxygens (including phenoxy) is 3. The molecule has 0 saturated heterocycles. The molecule has 178 valence electrons. The molecule has 10 heteroatoms. The van der Waals surface area contributed by atoms with Crippen LogP contribution in [-0.2, 0) is 17.8 Å². The second kappa shape index (κ2) is 14.0. The minimum atomic E-state index is -4.36. The average molecular weight is 567 g/mol. The average Bonchev–Trinajstić information content (AvgIpc) is 2.74. The summed E-state index contributed by atoms with van der Waals surface area (Å²) in [6.07, 6.45) is -4.36. The van der Waals surface area contributed by atoms with Crippen molar-refractivity contribution in [3.05, 3.63) is 59.2 Å². The lowest BCUT2D eigenvalue weighted by molar-refractivity contribution is -0.153. The van der Waals surface area contributed by atoms with Crippen LogP contribution in [0.25, 0.3) is 0 Å².